The van der Waals surface area contributed by atoms with Crippen molar-refractivity contribution in [2.45, 2.75) is 57.5 Å². The van der Waals surface area contributed by atoms with Crippen LogP contribution in [-0.2, 0) is 21.2 Å². The minimum Gasteiger partial charge on any atom is -0.451 e. The smallest absolute Gasteiger partial charge is 0.339 e. The van der Waals surface area contributed by atoms with Crippen molar-refractivity contribution in [2.24, 2.45) is 0 Å². The third-order valence-electron chi connectivity index (χ3n) is 5.68. The van der Waals surface area contributed by atoms with Crippen molar-refractivity contribution in [2.75, 3.05) is 13.1 Å². The van der Waals surface area contributed by atoms with Crippen LogP contribution >= 0.6 is 0 Å². The molecule has 0 saturated carbocycles. The summed E-state index contributed by atoms with van der Waals surface area (Å²) in [6.45, 7) is 6.24. The van der Waals surface area contributed by atoms with E-state index in [1.807, 2.05) is 19.1 Å². The summed E-state index contributed by atoms with van der Waals surface area (Å²) in [5.41, 5.74) is 2.33. The maximum Gasteiger partial charge on any atom is 0.339 e. The van der Waals surface area contributed by atoms with E-state index in [9.17, 15) is 18.0 Å². The number of rotatable bonds is 7. The number of benzene rings is 2. The van der Waals surface area contributed by atoms with Crippen LogP contribution in [0.1, 0.15) is 65.0 Å². The monoisotopic (exact) mass is 443 g/mol. The number of sulfonamides is 1. The second-order valence-corrected chi connectivity index (χ2v) is 9.84. The van der Waals surface area contributed by atoms with E-state index < -0.39 is 22.1 Å². The second kappa shape index (κ2) is 9.75. The van der Waals surface area contributed by atoms with Crippen LogP contribution in [0.15, 0.2) is 47.4 Å². The van der Waals surface area contributed by atoms with Gasteiger partial charge in [-0.3, -0.25) is 4.79 Å². The predicted octanol–water partition coefficient (Wildman–Crippen LogP) is 4.16. The zero-order chi connectivity index (χ0) is 22.6. The second-order valence-electron chi connectivity index (χ2n) is 7.90. The van der Waals surface area contributed by atoms with Crippen molar-refractivity contribution in [3.05, 3.63) is 64.7 Å². The zero-order valence-corrected chi connectivity index (χ0v) is 19.1. The molecule has 1 heterocycles. The van der Waals surface area contributed by atoms with Crippen LogP contribution in [0.5, 0.6) is 0 Å². The number of nitrogens with zero attached hydrogens (tertiary/aromatic N) is 1. The van der Waals surface area contributed by atoms with Crippen LogP contribution in [0.4, 0.5) is 0 Å². The summed E-state index contributed by atoms with van der Waals surface area (Å²) in [6.07, 6.45) is 2.57. The number of carbonyl (C=O) groups is 2. The van der Waals surface area contributed by atoms with Gasteiger partial charge in [-0.05, 0) is 56.4 Å². The Morgan fingerprint density at radius 2 is 1.68 bits per heavy atom. The molecule has 2 aromatic rings. The molecule has 166 valence electrons. The van der Waals surface area contributed by atoms with Gasteiger partial charge in [-0.25, -0.2) is 13.2 Å². The molecule has 1 fully saturated rings. The Labute approximate surface area is 184 Å². The van der Waals surface area contributed by atoms with Gasteiger partial charge in [0.05, 0.1) is 10.5 Å². The van der Waals surface area contributed by atoms with Crippen LogP contribution in [-0.4, -0.2) is 43.7 Å². The molecule has 1 aliphatic rings. The lowest BCUT2D eigenvalue weighted by Crippen LogP contribution is -2.35. The molecule has 0 N–H and O–H groups in total. The van der Waals surface area contributed by atoms with Gasteiger partial charge in [0.15, 0.2) is 6.10 Å². The van der Waals surface area contributed by atoms with Crippen molar-refractivity contribution in [3.8, 4) is 0 Å². The first kappa shape index (κ1) is 23.2. The summed E-state index contributed by atoms with van der Waals surface area (Å²) in [6, 6.07) is 11.7. The topological polar surface area (TPSA) is 80.8 Å². The highest BCUT2D eigenvalue weighted by molar-refractivity contribution is 7.89. The summed E-state index contributed by atoms with van der Waals surface area (Å²) < 4.78 is 32.8. The van der Waals surface area contributed by atoms with Gasteiger partial charge in [-0.15, -0.1) is 0 Å². The molecule has 3 rings (SSSR count). The molecular weight excluding hydrogens is 414 g/mol. The van der Waals surface area contributed by atoms with E-state index in [0.29, 0.717) is 24.2 Å². The fourth-order valence-corrected chi connectivity index (χ4v) is 5.20. The highest BCUT2D eigenvalue weighted by atomic mass is 32.2. The Kier molecular flexibility index (Phi) is 7.28. The molecule has 7 heteroatoms. The fraction of sp³-hybridized carbons (Fsp3) is 0.417. The Balaban J connectivity index is 1.77. The van der Waals surface area contributed by atoms with Crippen molar-refractivity contribution in [1.29, 1.82) is 0 Å². The molecule has 0 radical (unpaired) electrons. The number of carbonyl (C=O) groups excluding carboxylic acids is 2. The van der Waals surface area contributed by atoms with Crippen molar-refractivity contribution < 1.29 is 22.7 Å². The molecule has 6 nitrogen and oxygen atoms in total. The molecule has 31 heavy (non-hydrogen) atoms. The average molecular weight is 444 g/mol. The number of ketones is 1. The number of hydrogen-bond acceptors (Lipinski definition) is 5. The van der Waals surface area contributed by atoms with E-state index in [4.69, 9.17) is 4.74 Å². The highest BCUT2D eigenvalue weighted by Crippen LogP contribution is 2.23. The van der Waals surface area contributed by atoms with Crippen molar-refractivity contribution in [1.82, 2.24) is 4.31 Å². The van der Waals surface area contributed by atoms with E-state index >= 15 is 0 Å². The lowest BCUT2D eigenvalue weighted by atomic mass is 10.0. The van der Waals surface area contributed by atoms with Crippen LogP contribution < -0.4 is 0 Å². The van der Waals surface area contributed by atoms with Gasteiger partial charge in [0, 0.05) is 18.7 Å². The first-order valence-corrected chi connectivity index (χ1v) is 12.1. The fourth-order valence-electron chi connectivity index (χ4n) is 3.65. The number of aryl methyl sites for hydroxylation is 2. The standard InChI is InChI=1S/C24H29NO5S/c1-4-19-9-11-20(12-10-19)23(26)18(3)30-24(27)22-16-21(13-8-17(22)2)31(28,29)25-14-6-5-7-15-25/h8-13,16,18H,4-7,14-15H2,1-3H3. The minimum absolute atomic E-state index is 0.0704. The van der Waals surface area contributed by atoms with E-state index in [2.05, 4.69) is 0 Å². The van der Waals surface area contributed by atoms with Crippen LogP contribution in [0.2, 0.25) is 0 Å². The van der Waals surface area contributed by atoms with Gasteiger partial charge in [0.1, 0.15) is 0 Å². The first-order chi connectivity index (χ1) is 14.7. The molecular formula is C24H29NO5S. The summed E-state index contributed by atoms with van der Waals surface area (Å²) >= 11 is 0. The quantitative estimate of drug-likeness (QED) is 0.474. The number of ether oxygens (including phenoxy) is 1. The Morgan fingerprint density at radius 3 is 2.29 bits per heavy atom. The molecule has 1 atom stereocenters. The van der Waals surface area contributed by atoms with Crippen molar-refractivity contribution >= 4 is 21.8 Å². The number of esters is 1. The normalized spacial score (nSPS) is 16.0. The van der Waals surface area contributed by atoms with Crippen LogP contribution in [0, 0.1) is 6.92 Å². The lowest BCUT2D eigenvalue weighted by Gasteiger charge is -2.26. The van der Waals surface area contributed by atoms with Gasteiger partial charge in [-0.2, -0.15) is 4.31 Å². The molecule has 1 unspecified atom stereocenters. The SMILES string of the molecule is CCc1ccc(C(=O)C(C)OC(=O)c2cc(S(=O)(=O)N3CCCCC3)ccc2C)cc1. The molecule has 1 saturated heterocycles. The van der Waals surface area contributed by atoms with Crippen LogP contribution in [0.3, 0.4) is 0 Å². The van der Waals surface area contributed by atoms with E-state index in [0.717, 1.165) is 31.2 Å². The van der Waals surface area contributed by atoms with Crippen LogP contribution in [0.25, 0.3) is 0 Å². The molecule has 0 amide bonds. The molecule has 0 aliphatic carbocycles. The number of Topliss-reactive ketones (excluding diaryl/α,β-unsaturated/α-hetero) is 1. The molecule has 0 aromatic heterocycles. The van der Waals surface area contributed by atoms with Crippen molar-refractivity contribution in [3.63, 3.8) is 0 Å². The molecule has 0 bridgehead atoms. The van der Waals surface area contributed by atoms with Gasteiger partial charge in [0.25, 0.3) is 0 Å². The Morgan fingerprint density at radius 1 is 1.03 bits per heavy atom. The van der Waals surface area contributed by atoms with Gasteiger partial charge >= 0.3 is 5.97 Å². The largest absolute Gasteiger partial charge is 0.451 e. The van der Waals surface area contributed by atoms with Gasteiger partial charge in [-0.1, -0.05) is 43.7 Å². The average Bonchev–Trinajstić information content (AvgIpc) is 2.79. The predicted molar refractivity (Wildman–Crippen MR) is 119 cm³/mol. The number of piperidine rings is 1. The summed E-state index contributed by atoms with van der Waals surface area (Å²) in [4.78, 5) is 25.5. The third kappa shape index (κ3) is 5.22. The Bertz CT molecular complexity index is 1050. The van der Waals surface area contributed by atoms with E-state index in [1.54, 1.807) is 25.1 Å². The summed E-state index contributed by atoms with van der Waals surface area (Å²) in [5.74, 6) is -1.01. The lowest BCUT2D eigenvalue weighted by molar-refractivity contribution is 0.0318. The molecule has 1 aliphatic heterocycles. The number of hydrogen-bond donors (Lipinski definition) is 0. The highest BCUT2D eigenvalue weighted by Gasteiger charge is 2.28. The Hall–Kier alpha value is -2.51. The summed E-state index contributed by atoms with van der Waals surface area (Å²) in [7, 11) is -3.67. The minimum atomic E-state index is -3.67. The van der Waals surface area contributed by atoms with Gasteiger partial charge < -0.3 is 4.74 Å². The first-order valence-electron chi connectivity index (χ1n) is 10.7. The van der Waals surface area contributed by atoms with E-state index in [-0.39, 0.29) is 16.2 Å². The summed E-state index contributed by atoms with van der Waals surface area (Å²) in [5, 5.41) is 0. The maximum absolute atomic E-state index is 13.0. The maximum atomic E-state index is 13.0. The molecule has 2 aromatic carbocycles. The zero-order valence-electron chi connectivity index (χ0n) is 18.3. The van der Waals surface area contributed by atoms with E-state index in [1.165, 1.54) is 23.4 Å². The molecule has 0 spiro atoms. The third-order valence-corrected chi connectivity index (χ3v) is 7.58. The van der Waals surface area contributed by atoms with Gasteiger partial charge in [0.2, 0.25) is 15.8 Å².